The minimum atomic E-state index is -0.0932. The summed E-state index contributed by atoms with van der Waals surface area (Å²) in [6.07, 6.45) is 1.96. The molecular formula is C5H12N2OS. The summed E-state index contributed by atoms with van der Waals surface area (Å²) in [4.78, 5) is 10.7. The normalized spacial score (nSPS) is 12.8. The second-order valence-electron chi connectivity index (χ2n) is 1.86. The molecule has 54 valence electrons. The first-order valence-electron chi connectivity index (χ1n) is 2.71. The zero-order valence-corrected chi connectivity index (χ0v) is 6.49. The highest BCUT2D eigenvalue weighted by Gasteiger charge is 2.08. The average Bonchev–Trinajstić information content (AvgIpc) is 1.87. The van der Waals surface area contributed by atoms with Gasteiger partial charge in [0.1, 0.15) is 0 Å². The molecule has 0 spiro atoms. The number of carbonyl (C=O) groups excluding carboxylic acids is 1. The molecule has 0 aliphatic heterocycles. The summed E-state index contributed by atoms with van der Waals surface area (Å²) in [5.41, 5.74) is 2.10. The van der Waals surface area contributed by atoms with Gasteiger partial charge in [-0.15, -0.1) is 0 Å². The molecule has 3 nitrogen and oxygen atoms in total. The standard InChI is InChI=1S/C5H12N2OS/c1-4(3-9-2)5(8)7-6/h4H,3,6H2,1-2H3,(H,7,8). The van der Waals surface area contributed by atoms with Gasteiger partial charge in [-0.25, -0.2) is 5.84 Å². The van der Waals surface area contributed by atoms with E-state index in [0.29, 0.717) is 0 Å². The number of thioether (sulfide) groups is 1. The SMILES string of the molecule is CSCC(C)C(=O)NN. The summed E-state index contributed by atoms with van der Waals surface area (Å²) in [5, 5.41) is 0. The summed E-state index contributed by atoms with van der Waals surface area (Å²) in [6.45, 7) is 1.85. The maximum Gasteiger partial charge on any atom is 0.237 e. The van der Waals surface area contributed by atoms with Crippen LogP contribution in [-0.2, 0) is 4.79 Å². The van der Waals surface area contributed by atoms with Gasteiger partial charge in [0.05, 0.1) is 0 Å². The number of rotatable bonds is 3. The number of nitrogens with one attached hydrogen (secondary N) is 1. The molecule has 4 heteroatoms. The van der Waals surface area contributed by atoms with E-state index in [2.05, 4.69) is 5.43 Å². The Kier molecular flexibility index (Phi) is 4.53. The van der Waals surface area contributed by atoms with Crippen LogP contribution in [0.25, 0.3) is 0 Å². The molecule has 9 heavy (non-hydrogen) atoms. The Bertz CT molecular complexity index is 97.0. The molecule has 0 aliphatic rings. The van der Waals surface area contributed by atoms with Crippen molar-refractivity contribution in [3.8, 4) is 0 Å². The summed E-state index contributed by atoms with van der Waals surface area (Å²) in [5.74, 6) is 5.64. The maximum absolute atomic E-state index is 10.7. The van der Waals surface area contributed by atoms with Crippen molar-refractivity contribution in [2.24, 2.45) is 11.8 Å². The Morgan fingerprint density at radius 2 is 2.44 bits per heavy atom. The monoisotopic (exact) mass is 148 g/mol. The van der Waals surface area contributed by atoms with Gasteiger partial charge in [-0.05, 0) is 6.26 Å². The van der Waals surface area contributed by atoms with Gasteiger partial charge in [-0.2, -0.15) is 11.8 Å². The van der Waals surface area contributed by atoms with Crippen LogP contribution < -0.4 is 11.3 Å². The summed E-state index contributed by atoms with van der Waals surface area (Å²) in [7, 11) is 0. The fourth-order valence-corrected chi connectivity index (χ4v) is 1.12. The van der Waals surface area contributed by atoms with Crippen LogP contribution in [0.2, 0.25) is 0 Å². The zero-order valence-electron chi connectivity index (χ0n) is 5.68. The lowest BCUT2D eigenvalue weighted by atomic mass is 10.2. The van der Waals surface area contributed by atoms with Crippen molar-refractivity contribution in [1.82, 2.24) is 5.43 Å². The Balaban J connectivity index is 3.45. The van der Waals surface area contributed by atoms with Gasteiger partial charge in [0.2, 0.25) is 5.91 Å². The Morgan fingerprint density at radius 3 is 2.78 bits per heavy atom. The largest absolute Gasteiger partial charge is 0.294 e. The highest BCUT2D eigenvalue weighted by atomic mass is 32.2. The topological polar surface area (TPSA) is 55.1 Å². The molecule has 0 saturated heterocycles. The quantitative estimate of drug-likeness (QED) is 0.336. The molecule has 0 aromatic heterocycles. The van der Waals surface area contributed by atoms with Crippen LogP contribution in [0.15, 0.2) is 0 Å². The van der Waals surface area contributed by atoms with Crippen molar-refractivity contribution in [3.05, 3.63) is 0 Å². The highest BCUT2D eigenvalue weighted by molar-refractivity contribution is 7.98. The summed E-state index contributed by atoms with van der Waals surface area (Å²) in [6, 6.07) is 0. The zero-order chi connectivity index (χ0) is 7.28. The number of hydrogen-bond donors (Lipinski definition) is 2. The van der Waals surface area contributed by atoms with Crippen molar-refractivity contribution in [1.29, 1.82) is 0 Å². The van der Waals surface area contributed by atoms with Gasteiger partial charge in [-0.3, -0.25) is 10.2 Å². The third-order valence-corrected chi connectivity index (χ3v) is 1.84. The van der Waals surface area contributed by atoms with E-state index in [9.17, 15) is 4.79 Å². The summed E-state index contributed by atoms with van der Waals surface area (Å²) < 4.78 is 0. The second kappa shape index (κ2) is 4.64. The van der Waals surface area contributed by atoms with Crippen LogP contribution in [0.3, 0.4) is 0 Å². The van der Waals surface area contributed by atoms with Gasteiger partial charge in [0, 0.05) is 11.7 Å². The van der Waals surface area contributed by atoms with Crippen LogP contribution in [0.4, 0.5) is 0 Å². The first kappa shape index (κ1) is 8.78. The van der Waals surface area contributed by atoms with E-state index in [1.807, 2.05) is 13.2 Å². The molecule has 0 aromatic carbocycles. The number of nitrogens with two attached hydrogens (primary N) is 1. The molecule has 0 rings (SSSR count). The first-order valence-corrected chi connectivity index (χ1v) is 4.11. The lowest BCUT2D eigenvalue weighted by Crippen LogP contribution is -2.35. The van der Waals surface area contributed by atoms with E-state index < -0.39 is 0 Å². The number of carbonyl (C=O) groups is 1. The van der Waals surface area contributed by atoms with Crippen LogP contribution in [0.1, 0.15) is 6.92 Å². The van der Waals surface area contributed by atoms with Gasteiger partial charge >= 0.3 is 0 Å². The van der Waals surface area contributed by atoms with E-state index in [-0.39, 0.29) is 11.8 Å². The van der Waals surface area contributed by atoms with Crippen LogP contribution in [-0.4, -0.2) is 17.9 Å². The molecule has 0 aromatic rings. The third kappa shape index (κ3) is 3.37. The predicted molar refractivity (Wildman–Crippen MR) is 39.9 cm³/mol. The Hall–Kier alpha value is -0.220. The second-order valence-corrected chi connectivity index (χ2v) is 2.78. The van der Waals surface area contributed by atoms with E-state index in [4.69, 9.17) is 5.84 Å². The minimum Gasteiger partial charge on any atom is -0.294 e. The van der Waals surface area contributed by atoms with Crippen molar-refractivity contribution >= 4 is 17.7 Å². The van der Waals surface area contributed by atoms with Gasteiger partial charge in [0.25, 0.3) is 0 Å². The van der Waals surface area contributed by atoms with Crippen LogP contribution in [0.5, 0.6) is 0 Å². The Morgan fingerprint density at radius 1 is 1.89 bits per heavy atom. The lowest BCUT2D eigenvalue weighted by molar-refractivity contribution is -0.123. The van der Waals surface area contributed by atoms with Crippen LogP contribution in [0, 0.1) is 5.92 Å². The van der Waals surface area contributed by atoms with Crippen molar-refractivity contribution in [3.63, 3.8) is 0 Å². The maximum atomic E-state index is 10.7. The van der Waals surface area contributed by atoms with Crippen LogP contribution >= 0.6 is 11.8 Å². The smallest absolute Gasteiger partial charge is 0.237 e. The molecule has 0 heterocycles. The Labute approximate surface area is 59.3 Å². The molecule has 1 atom stereocenters. The average molecular weight is 148 g/mol. The molecular weight excluding hydrogens is 136 g/mol. The van der Waals surface area contributed by atoms with Crippen molar-refractivity contribution in [2.75, 3.05) is 12.0 Å². The number of amides is 1. The van der Waals surface area contributed by atoms with Gasteiger partial charge in [-0.1, -0.05) is 6.92 Å². The molecule has 3 N–H and O–H groups in total. The molecule has 0 aliphatic carbocycles. The van der Waals surface area contributed by atoms with Crippen molar-refractivity contribution in [2.45, 2.75) is 6.92 Å². The third-order valence-electron chi connectivity index (χ3n) is 1.01. The molecule has 1 unspecified atom stereocenters. The minimum absolute atomic E-state index is 0.0185. The summed E-state index contributed by atoms with van der Waals surface area (Å²) >= 11 is 1.64. The fourth-order valence-electron chi connectivity index (χ4n) is 0.468. The van der Waals surface area contributed by atoms with E-state index in [0.717, 1.165) is 5.75 Å². The van der Waals surface area contributed by atoms with Gasteiger partial charge < -0.3 is 0 Å². The lowest BCUT2D eigenvalue weighted by Gasteiger charge is -2.05. The fraction of sp³-hybridized carbons (Fsp3) is 0.800. The molecule has 0 radical (unpaired) electrons. The van der Waals surface area contributed by atoms with Crippen molar-refractivity contribution < 1.29 is 4.79 Å². The molecule has 0 bridgehead atoms. The number of hydrogen-bond acceptors (Lipinski definition) is 3. The first-order chi connectivity index (χ1) is 4.22. The number of hydrazine groups is 1. The molecule has 0 saturated carbocycles. The highest BCUT2D eigenvalue weighted by Crippen LogP contribution is 2.02. The molecule has 0 fully saturated rings. The van der Waals surface area contributed by atoms with E-state index in [1.54, 1.807) is 11.8 Å². The predicted octanol–water partition coefficient (Wildman–Crippen LogP) is -0.0246. The van der Waals surface area contributed by atoms with E-state index in [1.165, 1.54) is 0 Å². The van der Waals surface area contributed by atoms with Gasteiger partial charge in [0.15, 0.2) is 0 Å². The van der Waals surface area contributed by atoms with E-state index >= 15 is 0 Å². The molecule has 1 amide bonds.